The Morgan fingerprint density at radius 2 is 1.80 bits per heavy atom. The molecule has 1 aliphatic rings. The number of benzene rings is 2. The Hall–Kier alpha value is -2.09. The van der Waals surface area contributed by atoms with E-state index in [0.29, 0.717) is 36.0 Å². The van der Waals surface area contributed by atoms with Gasteiger partial charge in [0.2, 0.25) is 10.0 Å². The molecule has 2 aromatic rings. The summed E-state index contributed by atoms with van der Waals surface area (Å²) in [6.45, 7) is 3.21. The Bertz CT molecular complexity index is 962. The van der Waals surface area contributed by atoms with Crippen LogP contribution in [0.4, 0.5) is 0 Å². The molecule has 8 heteroatoms. The molecule has 2 aromatic carbocycles. The summed E-state index contributed by atoms with van der Waals surface area (Å²) in [6, 6.07) is 13.2. The van der Waals surface area contributed by atoms with Gasteiger partial charge in [0.15, 0.2) is 0 Å². The van der Waals surface area contributed by atoms with Crippen LogP contribution in [0.5, 0.6) is 5.75 Å². The number of carbonyl (C=O) groups is 1. The molecule has 0 radical (unpaired) electrons. The topological polar surface area (TPSA) is 66.9 Å². The molecule has 0 saturated carbocycles. The summed E-state index contributed by atoms with van der Waals surface area (Å²) in [5, 5.41) is 0.634. The minimum atomic E-state index is -3.54. The molecule has 1 aliphatic heterocycles. The second-order valence-corrected chi connectivity index (χ2v) is 9.84. The van der Waals surface area contributed by atoms with Gasteiger partial charge < -0.3 is 9.64 Å². The van der Waals surface area contributed by atoms with Crippen LogP contribution in [0, 0.1) is 0 Å². The Morgan fingerprint density at radius 1 is 1.13 bits per heavy atom. The molecule has 0 aliphatic carbocycles. The van der Waals surface area contributed by atoms with Gasteiger partial charge in [0, 0.05) is 30.2 Å². The van der Waals surface area contributed by atoms with Crippen LogP contribution in [0.25, 0.3) is 0 Å². The second-order valence-electron chi connectivity index (χ2n) is 7.51. The minimum absolute atomic E-state index is 0.00293. The second kappa shape index (κ2) is 9.81. The molecule has 1 heterocycles. The molecule has 1 fully saturated rings. The Morgan fingerprint density at radius 3 is 2.43 bits per heavy atom. The normalized spacial score (nSPS) is 17.5. The van der Waals surface area contributed by atoms with Crippen LogP contribution in [-0.4, -0.2) is 56.3 Å². The summed E-state index contributed by atoms with van der Waals surface area (Å²) in [5.74, 6) is 0.492. The van der Waals surface area contributed by atoms with E-state index in [1.807, 2.05) is 6.92 Å². The van der Waals surface area contributed by atoms with E-state index < -0.39 is 10.0 Å². The van der Waals surface area contributed by atoms with Crippen LogP contribution < -0.4 is 4.74 Å². The van der Waals surface area contributed by atoms with E-state index in [1.165, 1.54) is 12.1 Å². The molecule has 1 saturated heterocycles. The lowest BCUT2D eigenvalue weighted by atomic mass is 10.1. The maximum absolute atomic E-state index is 12.9. The first-order valence-corrected chi connectivity index (χ1v) is 11.9. The van der Waals surface area contributed by atoms with Gasteiger partial charge in [-0.15, -0.1) is 0 Å². The fourth-order valence-corrected chi connectivity index (χ4v) is 5.31. The fraction of sp³-hybridized carbons (Fsp3) is 0.409. The average molecular weight is 451 g/mol. The lowest BCUT2D eigenvalue weighted by molar-refractivity contribution is 0.0773. The Kier molecular flexibility index (Phi) is 7.39. The minimum Gasteiger partial charge on any atom is -0.492 e. The van der Waals surface area contributed by atoms with E-state index in [0.717, 1.165) is 19.3 Å². The summed E-state index contributed by atoms with van der Waals surface area (Å²) in [4.78, 5) is 14.4. The molecule has 3 rings (SSSR count). The average Bonchev–Trinajstić information content (AvgIpc) is 2.75. The van der Waals surface area contributed by atoms with Crippen LogP contribution in [0.15, 0.2) is 53.4 Å². The van der Waals surface area contributed by atoms with Crippen LogP contribution >= 0.6 is 11.6 Å². The number of amides is 1. The number of nitrogens with zero attached hydrogens (tertiary/aromatic N) is 2. The van der Waals surface area contributed by atoms with E-state index in [9.17, 15) is 13.2 Å². The van der Waals surface area contributed by atoms with Crippen LogP contribution in [0.2, 0.25) is 5.02 Å². The van der Waals surface area contributed by atoms with E-state index in [1.54, 1.807) is 52.7 Å². The first-order chi connectivity index (χ1) is 14.3. The van der Waals surface area contributed by atoms with Crippen molar-refractivity contribution in [3.05, 3.63) is 59.1 Å². The van der Waals surface area contributed by atoms with Crippen molar-refractivity contribution < 1.29 is 17.9 Å². The van der Waals surface area contributed by atoms with Gasteiger partial charge in [-0.25, -0.2) is 8.42 Å². The van der Waals surface area contributed by atoms with E-state index in [2.05, 4.69) is 0 Å². The molecule has 30 heavy (non-hydrogen) atoms. The van der Waals surface area contributed by atoms with Crippen molar-refractivity contribution in [3.8, 4) is 5.75 Å². The van der Waals surface area contributed by atoms with Gasteiger partial charge in [-0.1, -0.05) is 18.0 Å². The van der Waals surface area contributed by atoms with Gasteiger partial charge in [-0.2, -0.15) is 4.31 Å². The highest BCUT2D eigenvalue weighted by Crippen LogP contribution is 2.25. The zero-order valence-corrected chi connectivity index (χ0v) is 18.8. The van der Waals surface area contributed by atoms with Gasteiger partial charge in [-0.3, -0.25) is 4.79 Å². The predicted molar refractivity (Wildman–Crippen MR) is 118 cm³/mol. The molecule has 1 amide bonds. The SMILES string of the molecule is C[C@H]1CCCCN1S(=O)(=O)c1ccc(C(=O)N(C)CCOc2ccc(Cl)cc2)cc1. The highest BCUT2D eigenvalue weighted by molar-refractivity contribution is 7.89. The van der Waals surface area contributed by atoms with Gasteiger partial charge in [0.05, 0.1) is 11.4 Å². The Balaban J connectivity index is 1.59. The number of piperidine rings is 1. The van der Waals surface area contributed by atoms with Crippen molar-refractivity contribution in [3.63, 3.8) is 0 Å². The number of hydrogen-bond acceptors (Lipinski definition) is 4. The van der Waals surface area contributed by atoms with Crippen LogP contribution in [0.1, 0.15) is 36.5 Å². The first kappa shape index (κ1) is 22.6. The molecule has 6 nitrogen and oxygen atoms in total. The van der Waals surface area contributed by atoms with Crippen molar-refractivity contribution in [2.24, 2.45) is 0 Å². The molecule has 1 atom stereocenters. The molecule has 0 unspecified atom stereocenters. The maximum Gasteiger partial charge on any atom is 0.253 e. The third-order valence-corrected chi connectivity index (χ3v) is 7.59. The summed E-state index contributed by atoms with van der Waals surface area (Å²) in [7, 11) is -1.85. The standard InChI is InChI=1S/C22H27ClN2O4S/c1-17-5-3-4-14-25(17)30(27,28)21-12-6-18(7-13-21)22(26)24(2)15-16-29-20-10-8-19(23)9-11-20/h6-13,17H,3-5,14-16H2,1-2H3/t17-/m0/s1. The smallest absolute Gasteiger partial charge is 0.253 e. The van der Waals surface area contributed by atoms with Crippen molar-refractivity contribution >= 4 is 27.5 Å². The first-order valence-electron chi connectivity index (χ1n) is 10.0. The monoisotopic (exact) mass is 450 g/mol. The van der Waals surface area contributed by atoms with E-state index in [4.69, 9.17) is 16.3 Å². The maximum atomic E-state index is 12.9. The molecule has 162 valence electrons. The molecule has 0 N–H and O–H groups in total. The van der Waals surface area contributed by atoms with Crippen LogP contribution in [0.3, 0.4) is 0 Å². The lowest BCUT2D eigenvalue weighted by Crippen LogP contribution is -2.41. The molecule has 0 aromatic heterocycles. The molecule has 0 bridgehead atoms. The third kappa shape index (κ3) is 5.33. The molecular formula is C22H27ClN2O4S. The van der Waals surface area contributed by atoms with Crippen molar-refractivity contribution in [1.82, 2.24) is 9.21 Å². The number of hydrogen-bond donors (Lipinski definition) is 0. The van der Waals surface area contributed by atoms with E-state index in [-0.39, 0.29) is 16.8 Å². The van der Waals surface area contributed by atoms with Crippen molar-refractivity contribution in [2.75, 3.05) is 26.7 Å². The van der Waals surface area contributed by atoms with Gasteiger partial charge >= 0.3 is 0 Å². The number of ether oxygens (including phenoxy) is 1. The molecule has 0 spiro atoms. The lowest BCUT2D eigenvalue weighted by Gasteiger charge is -2.32. The van der Waals surface area contributed by atoms with E-state index >= 15 is 0 Å². The fourth-order valence-electron chi connectivity index (χ4n) is 3.49. The Labute approximate surface area is 183 Å². The highest BCUT2D eigenvalue weighted by atomic mass is 35.5. The summed E-state index contributed by atoms with van der Waals surface area (Å²) >= 11 is 5.85. The van der Waals surface area contributed by atoms with Crippen LogP contribution in [-0.2, 0) is 10.0 Å². The summed E-state index contributed by atoms with van der Waals surface area (Å²) < 4.78 is 33.0. The zero-order chi connectivity index (χ0) is 21.7. The van der Waals surface area contributed by atoms with Gasteiger partial charge in [-0.05, 0) is 68.3 Å². The largest absolute Gasteiger partial charge is 0.492 e. The van der Waals surface area contributed by atoms with Crippen molar-refractivity contribution in [1.29, 1.82) is 0 Å². The number of carbonyl (C=O) groups excluding carboxylic acids is 1. The van der Waals surface area contributed by atoms with Gasteiger partial charge in [0.25, 0.3) is 5.91 Å². The van der Waals surface area contributed by atoms with Gasteiger partial charge in [0.1, 0.15) is 12.4 Å². The van der Waals surface area contributed by atoms with Crippen molar-refractivity contribution in [2.45, 2.75) is 37.1 Å². The number of halogens is 1. The number of sulfonamides is 1. The number of rotatable bonds is 7. The zero-order valence-electron chi connectivity index (χ0n) is 17.3. The quantitative estimate of drug-likeness (QED) is 0.638. The summed E-state index contributed by atoms with van der Waals surface area (Å²) in [6.07, 6.45) is 2.80. The highest BCUT2D eigenvalue weighted by Gasteiger charge is 2.31. The third-order valence-electron chi connectivity index (χ3n) is 5.31. The summed E-state index contributed by atoms with van der Waals surface area (Å²) in [5.41, 5.74) is 0.439. The predicted octanol–water partition coefficient (Wildman–Crippen LogP) is 4.05. The molecular weight excluding hydrogens is 424 g/mol. The number of likely N-dealkylation sites (N-methyl/N-ethyl adjacent to an activating group) is 1.